The van der Waals surface area contributed by atoms with Gasteiger partial charge in [0.05, 0.1) is 0 Å². The summed E-state index contributed by atoms with van der Waals surface area (Å²) in [5.41, 5.74) is 6.55. The Labute approximate surface area is 106 Å². The Morgan fingerprint density at radius 1 is 0.941 bits per heavy atom. The van der Waals surface area contributed by atoms with Crippen LogP contribution in [-0.4, -0.2) is 6.04 Å². The van der Waals surface area contributed by atoms with Crippen molar-refractivity contribution in [2.24, 2.45) is 41.2 Å². The van der Waals surface area contributed by atoms with Crippen molar-refractivity contribution >= 4 is 0 Å². The van der Waals surface area contributed by atoms with E-state index in [2.05, 4.69) is 0 Å². The molecule has 1 heteroatoms. The molecule has 0 aromatic rings. The minimum atomic E-state index is 0.562. The molecule has 0 aromatic heterocycles. The van der Waals surface area contributed by atoms with E-state index in [9.17, 15) is 0 Å². The van der Waals surface area contributed by atoms with Gasteiger partial charge in [0.15, 0.2) is 0 Å². The monoisotopic (exact) mass is 233 g/mol. The van der Waals surface area contributed by atoms with Crippen molar-refractivity contribution in [1.82, 2.24) is 0 Å². The molecule has 4 saturated carbocycles. The van der Waals surface area contributed by atoms with Crippen molar-refractivity contribution in [3.8, 4) is 0 Å². The van der Waals surface area contributed by atoms with Gasteiger partial charge >= 0.3 is 0 Å². The van der Waals surface area contributed by atoms with Gasteiger partial charge in [-0.05, 0) is 74.0 Å². The summed E-state index contributed by atoms with van der Waals surface area (Å²) in [6, 6.07) is 0.562. The second-order valence-electron chi connectivity index (χ2n) is 7.52. The van der Waals surface area contributed by atoms with Crippen molar-refractivity contribution < 1.29 is 0 Å². The van der Waals surface area contributed by atoms with Gasteiger partial charge in [-0.2, -0.15) is 0 Å². The van der Waals surface area contributed by atoms with Gasteiger partial charge in [0.2, 0.25) is 0 Å². The topological polar surface area (TPSA) is 26.0 Å². The molecule has 4 rings (SSSR count). The highest BCUT2D eigenvalue weighted by molar-refractivity contribution is 5.05. The molecule has 2 N–H and O–H groups in total. The lowest BCUT2D eigenvalue weighted by Gasteiger charge is -2.25. The predicted molar refractivity (Wildman–Crippen MR) is 70.5 cm³/mol. The molecule has 4 aliphatic carbocycles. The Morgan fingerprint density at radius 2 is 1.71 bits per heavy atom. The van der Waals surface area contributed by atoms with Gasteiger partial charge < -0.3 is 5.73 Å². The van der Waals surface area contributed by atoms with Crippen LogP contribution in [0.1, 0.15) is 57.8 Å². The molecular formula is C16H27N. The van der Waals surface area contributed by atoms with E-state index >= 15 is 0 Å². The average Bonchev–Trinajstić information content (AvgIpc) is 2.69. The Kier molecular flexibility index (Phi) is 2.54. The predicted octanol–water partition coefficient (Wildman–Crippen LogP) is 3.58. The van der Waals surface area contributed by atoms with E-state index in [0.717, 1.165) is 35.5 Å². The molecule has 0 spiro atoms. The van der Waals surface area contributed by atoms with Crippen LogP contribution in [0.25, 0.3) is 0 Å². The van der Waals surface area contributed by atoms with Crippen LogP contribution in [-0.2, 0) is 0 Å². The van der Waals surface area contributed by atoms with Crippen LogP contribution in [0.15, 0.2) is 0 Å². The fourth-order valence-corrected chi connectivity index (χ4v) is 5.85. The van der Waals surface area contributed by atoms with Crippen molar-refractivity contribution in [2.75, 3.05) is 0 Å². The molecule has 0 aromatic carbocycles. The Hall–Kier alpha value is -0.0400. The third kappa shape index (κ3) is 1.77. The molecule has 4 aliphatic rings. The molecule has 6 atom stereocenters. The second kappa shape index (κ2) is 3.98. The molecule has 6 unspecified atom stereocenters. The number of nitrogens with two attached hydrogens (primary N) is 1. The fourth-order valence-electron chi connectivity index (χ4n) is 5.85. The van der Waals surface area contributed by atoms with Crippen molar-refractivity contribution in [1.29, 1.82) is 0 Å². The average molecular weight is 233 g/mol. The summed E-state index contributed by atoms with van der Waals surface area (Å²) >= 11 is 0. The van der Waals surface area contributed by atoms with E-state index in [4.69, 9.17) is 5.73 Å². The van der Waals surface area contributed by atoms with Gasteiger partial charge in [0, 0.05) is 6.04 Å². The molecule has 96 valence electrons. The van der Waals surface area contributed by atoms with E-state index in [-0.39, 0.29) is 0 Å². The smallest absolute Gasteiger partial charge is 0.00754 e. The molecular weight excluding hydrogens is 206 g/mol. The minimum Gasteiger partial charge on any atom is -0.327 e. The molecule has 0 radical (unpaired) electrons. The van der Waals surface area contributed by atoms with E-state index in [1.807, 2.05) is 0 Å². The van der Waals surface area contributed by atoms with Gasteiger partial charge in [-0.3, -0.25) is 0 Å². The fraction of sp³-hybridized carbons (Fsp3) is 1.00. The maximum Gasteiger partial charge on any atom is 0.00754 e. The highest BCUT2D eigenvalue weighted by atomic mass is 14.7. The number of rotatable bonds is 3. The summed E-state index contributed by atoms with van der Waals surface area (Å²) in [6.07, 6.45) is 13.5. The summed E-state index contributed by atoms with van der Waals surface area (Å²) in [5, 5.41) is 0. The largest absolute Gasteiger partial charge is 0.327 e. The molecule has 17 heavy (non-hydrogen) atoms. The van der Waals surface area contributed by atoms with Crippen LogP contribution < -0.4 is 5.73 Å². The first-order valence-electron chi connectivity index (χ1n) is 8.08. The first-order chi connectivity index (χ1) is 8.33. The molecule has 0 aliphatic heterocycles. The third-order valence-corrected chi connectivity index (χ3v) is 6.68. The lowest BCUT2D eigenvalue weighted by atomic mass is 9.83. The number of hydrogen-bond donors (Lipinski definition) is 1. The van der Waals surface area contributed by atoms with Gasteiger partial charge in [-0.25, -0.2) is 0 Å². The van der Waals surface area contributed by atoms with Crippen LogP contribution in [0.5, 0.6) is 0 Å². The van der Waals surface area contributed by atoms with Gasteiger partial charge in [0.1, 0.15) is 0 Å². The van der Waals surface area contributed by atoms with E-state index in [1.165, 1.54) is 51.4 Å². The highest BCUT2D eigenvalue weighted by Gasteiger charge is 2.54. The maximum atomic E-state index is 6.55. The van der Waals surface area contributed by atoms with E-state index in [0.29, 0.717) is 6.04 Å². The SMILES string of the molecule is NC(CC1CC2CCC1C2)C1C2CCCCC21. The summed E-state index contributed by atoms with van der Waals surface area (Å²) in [4.78, 5) is 0. The van der Waals surface area contributed by atoms with Crippen LogP contribution in [0.2, 0.25) is 0 Å². The molecule has 1 nitrogen and oxygen atoms in total. The number of fused-ring (bicyclic) bond motifs is 3. The summed E-state index contributed by atoms with van der Waals surface area (Å²) in [5.74, 6) is 6.24. The zero-order valence-electron chi connectivity index (χ0n) is 11.0. The van der Waals surface area contributed by atoms with Gasteiger partial charge in [-0.1, -0.05) is 19.3 Å². The minimum absolute atomic E-state index is 0.562. The third-order valence-electron chi connectivity index (χ3n) is 6.68. The summed E-state index contributed by atoms with van der Waals surface area (Å²) in [6.45, 7) is 0. The number of hydrogen-bond acceptors (Lipinski definition) is 1. The van der Waals surface area contributed by atoms with Crippen molar-refractivity contribution in [2.45, 2.75) is 63.8 Å². The molecule has 0 saturated heterocycles. The van der Waals surface area contributed by atoms with Crippen LogP contribution in [0.4, 0.5) is 0 Å². The molecule has 2 bridgehead atoms. The normalized spacial score (nSPS) is 53.5. The zero-order chi connectivity index (χ0) is 11.4. The van der Waals surface area contributed by atoms with Gasteiger partial charge in [-0.15, -0.1) is 0 Å². The first-order valence-corrected chi connectivity index (χ1v) is 8.08. The quantitative estimate of drug-likeness (QED) is 0.792. The summed E-state index contributed by atoms with van der Waals surface area (Å²) < 4.78 is 0. The molecule has 4 fully saturated rings. The van der Waals surface area contributed by atoms with Crippen LogP contribution in [0, 0.1) is 35.5 Å². The summed E-state index contributed by atoms with van der Waals surface area (Å²) in [7, 11) is 0. The maximum absolute atomic E-state index is 6.55. The van der Waals surface area contributed by atoms with E-state index in [1.54, 1.807) is 6.42 Å². The Balaban J connectivity index is 1.34. The van der Waals surface area contributed by atoms with Crippen LogP contribution in [0.3, 0.4) is 0 Å². The lowest BCUT2D eigenvalue weighted by molar-refractivity contribution is 0.281. The lowest BCUT2D eigenvalue weighted by Crippen LogP contribution is -2.29. The Bertz CT molecular complexity index is 288. The first kappa shape index (κ1) is 10.8. The second-order valence-corrected chi connectivity index (χ2v) is 7.52. The Morgan fingerprint density at radius 3 is 2.29 bits per heavy atom. The molecule has 0 heterocycles. The zero-order valence-corrected chi connectivity index (χ0v) is 11.0. The standard InChI is InChI=1S/C16H27N/c17-15(16-13-3-1-2-4-14(13)16)9-12-8-10-5-6-11(12)7-10/h10-16H,1-9,17H2. The molecule has 0 amide bonds. The van der Waals surface area contributed by atoms with Crippen molar-refractivity contribution in [3.05, 3.63) is 0 Å². The van der Waals surface area contributed by atoms with Crippen LogP contribution >= 0.6 is 0 Å². The van der Waals surface area contributed by atoms with E-state index < -0.39 is 0 Å². The van der Waals surface area contributed by atoms with Crippen molar-refractivity contribution in [3.63, 3.8) is 0 Å². The van der Waals surface area contributed by atoms with Gasteiger partial charge in [0.25, 0.3) is 0 Å². The highest BCUT2D eigenvalue weighted by Crippen LogP contribution is 2.58.